The highest BCUT2D eigenvalue weighted by Crippen LogP contribution is 2.35. The van der Waals surface area contributed by atoms with Crippen molar-refractivity contribution >= 4 is 34.3 Å². The number of hydrogen-bond donors (Lipinski definition) is 1. The number of hydrogen-bond acceptors (Lipinski definition) is 5. The van der Waals surface area contributed by atoms with E-state index in [2.05, 4.69) is 5.32 Å². The van der Waals surface area contributed by atoms with Crippen molar-refractivity contribution in [3.8, 4) is 5.75 Å². The standard InChI is InChI=1S/C13H12ClFN2O3S/c1-7(12-3-4-13(14)21-12)16-9-6-11(20-2)10(17(18)19)5-8(9)15/h3-7,16H,1-2H3. The molecule has 0 radical (unpaired) electrons. The van der Waals surface area contributed by atoms with Gasteiger partial charge in [-0.05, 0) is 19.1 Å². The van der Waals surface area contributed by atoms with Gasteiger partial charge in [-0.1, -0.05) is 11.6 Å². The van der Waals surface area contributed by atoms with Crippen LogP contribution in [0.15, 0.2) is 24.3 Å². The number of methoxy groups -OCH3 is 1. The molecule has 1 N–H and O–H groups in total. The van der Waals surface area contributed by atoms with E-state index in [-0.39, 0.29) is 17.5 Å². The van der Waals surface area contributed by atoms with Crippen LogP contribution in [-0.2, 0) is 0 Å². The van der Waals surface area contributed by atoms with E-state index in [0.29, 0.717) is 4.34 Å². The lowest BCUT2D eigenvalue weighted by molar-refractivity contribution is -0.385. The summed E-state index contributed by atoms with van der Waals surface area (Å²) in [6, 6.07) is 5.52. The molecule has 1 heterocycles. The third kappa shape index (κ3) is 3.43. The molecule has 2 aromatic rings. The van der Waals surface area contributed by atoms with Gasteiger partial charge in [0.25, 0.3) is 0 Å². The summed E-state index contributed by atoms with van der Waals surface area (Å²) in [5, 5.41) is 13.8. The van der Waals surface area contributed by atoms with Crippen LogP contribution in [0.2, 0.25) is 4.34 Å². The molecule has 0 aliphatic rings. The summed E-state index contributed by atoms with van der Waals surface area (Å²) in [5.41, 5.74) is -0.276. The van der Waals surface area contributed by atoms with Gasteiger partial charge >= 0.3 is 5.69 Å². The van der Waals surface area contributed by atoms with Crippen LogP contribution in [-0.4, -0.2) is 12.0 Å². The van der Waals surface area contributed by atoms with Crippen molar-refractivity contribution in [1.29, 1.82) is 0 Å². The minimum Gasteiger partial charge on any atom is -0.490 e. The van der Waals surface area contributed by atoms with Gasteiger partial charge in [-0.3, -0.25) is 10.1 Å². The van der Waals surface area contributed by atoms with Gasteiger partial charge in [0.05, 0.1) is 34.2 Å². The predicted octanol–water partition coefficient (Wildman–Crippen LogP) is 4.63. The van der Waals surface area contributed by atoms with Crippen LogP contribution in [0.1, 0.15) is 17.8 Å². The molecular formula is C13H12ClFN2O3S. The van der Waals surface area contributed by atoms with Gasteiger partial charge in [0.2, 0.25) is 0 Å². The van der Waals surface area contributed by atoms with Crippen molar-refractivity contribution in [2.24, 2.45) is 0 Å². The number of anilines is 1. The molecule has 0 spiro atoms. The summed E-state index contributed by atoms with van der Waals surface area (Å²) >= 11 is 7.24. The van der Waals surface area contributed by atoms with Gasteiger partial charge in [0.15, 0.2) is 11.6 Å². The van der Waals surface area contributed by atoms with Crippen LogP contribution in [0.25, 0.3) is 0 Å². The van der Waals surface area contributed by atoms with E-state index in [9.17, 15) is 14.5 Å². The summed E-state index contributed by atoms with van der Waals surface area (Å²) in [5.74, 6) is -0.711. The van der Waals surface area contributed by atoms with E-state index in [1.807, 2.05) is 13.0 Å². The lowest BCUT2D eigenvalue weighted by Crippen LogP contribution is -2.07. The minimum atomic E-state index is -0.711. The average Bonchev–Trinajstić information content (AvgIpc) is 2.87. The quantitative estimate of drug-likeness (QED) is 0.641. The van der Waals surface area contributed by atoms with E-state index in [1.54, 1.807) is 6.07 Å². The molecule has 0 amide bonds. The van der Waals surface area contributed by atoms with Crippen molar-refractivity contribution in [2.75, 3.05) is 12.4 Å². The number of halogens is 2. The van der Waals surface area contributed by atoms with E-state index < -0.39 is 16.4 Å². The monoisotopic (exact) mass is 330 g/mol. The van der Waals surface area contributed by atoms with Crippen molar-refractivity contribution in [3.63, 3.8) is 0 Å². The summed E-state index contributed by atoms with van der Waals surface area (Å²) in [6.45, 7) is 1.84. The number of ether oxygens (including phenoxy) is 1. The van der Waals surface area contributed by atoms with E-state index in [0.717, 1.165) is 10.9 Å². The van der Waals surface area contributed by atoms with Crippen LogP contribution < -0.4 is 10.1 Å². The first kappa shape index (κ1) is 15.5. The fraction of sp³-hybridized carbons (Fsp3) is 0.231. The largest absolute Gasteiger partial charge is 0.490 e. The second kappa shape index (κ2) is 6.28. The normalized spacial score (nSPS) is 12.0. The zero-order valence-electron chi connectivity index (χ0n) is 11.2. The third-order valence-electron chi connectivity index (χ3n) is 2.86. The van der Waals surface area contributed by atoms with Crippen LogP contribution >= 0.6 is 22.9 Å². The van der Waals surface area contributed by atoms with Crippen molar-refractivity contribution in [3.05, 3.63) is 49.4 Å². The molecule has 5 nitrogen and oxygen atoms in total. The third-order valence-corrected chi connectivity index (χ3v) is 4.27. The number of nitro benzene ring substituents is 1. The molecule has 0 saturated heterocycles. The Balaban J connectivity index is 2.30. The predicted molar refractivity (Wildman–Crippen MR) is 81.0 cm³/mol. The van der Waals surface area contributed by atoms with Gasteiger partial charge in [-0.15, -0.1) is 11.3 Å². The minimum absolute atomic E-state index is 0.000289. The second-order valence-electron chi connectivity index (χ2n) is 4.27. The Morgan fingerprint density at radius 3 is 2.71 bits per heavy atom. The van der Waals surface area contributed by atoms with Gasteiger partial charge in [-0.2, -0.15) is 0 Å². The molecular weight excluding hydrogens is 319 g/mol. The van der Waals surface area contributed by atoms with Crippen LogP contribution in [0.4, 0.5) is 15.8 Å². The SMILES string of the molecule is COc1cc(NC(C)c2ccc(Cl)s2)c(F)cc1[N+](=O)[O-]. The summed E-state index contributed by atoms with van der Waals surface area (Å²) in [7, 11) is 1.30. The molecule has 0 bridgehead atoms. The zero-order chi connectivity index (χ0) is 15.6. The number of nitrogens with zero attached hydrogens (tertiary/aromatic N) is 1. The number of rotatable bonds is 5. The van der Waals surface area contributed by atoms with Gasteiger partial charge in [0.1, 0.15) is 0 Å². The molecule has 112 valence electrons. The summed E-state index contributed by atoms with van der Waals surface area (Å²) in [6.07, 6.45) is 0. The molecule has 0 aliphatic heterocycles. The summed E-state index contributed by atoms with van der Waals surface area (Å²) in [4.78, 5) is 11.1. The number of nitrogens with one attached hydrogen (secondary N) is 1. The first-order valence-corrected chi connectivity index (χ1v) is 7.15. The maximum Gasteiger partial charge on any atom is 0.313 e. The van der Waals surface area contributed by atoms with Crippen molar-refractivity contribution < 1.29 is 14.1 Å². The molecule has 0 fully saturated rings. The maximum atomic E-state index is 14.0. The van der Waals surface area contributed by atoms with Crippen molar-refractivity contribution in [2.45, 2.75) is 13.0 Å². The fourth-order valence-corrected chi connectivity index (χ4v) is 2.89. The van der Waals surface area contributed by atoms with Crippen LogP contribution in [0.5, 0.6) is 5.75 Å². The Morgan fingerprint density at radius 1 is 1.48 bits per heavy atom. The Morgan fingerprint density at radius 2 is 2.19 bits per heavy atom. The van der Waals surface area contributed by atoms with E-state index in [4.69, 9.17) is 16.3 Å². The lowest BCUT2D eigenvalue weighted by atomic mass is 10.2. The highest BCUT2D eigenvalue weighted by Gasteiger charge is 2.20. The first-order chi connectivity index (χ1) is 9.92. The molecule has 0 aliphatic carbocycles. The second-order valence-corrected chi connectivity index (χ2v) is 6.02. The topological polar surface area (TPSA) is 64.4 Å². The highest BCUT2D eigenvalue weighted by atomic mass is 35.5. The van der Waals surface area contributed by atoms with E-state index >= 15 is 0 Å². The molecule has 0 saturated carbocycles. The van der Waals surface area contributed by atoms with Crippen molar-refractivity contribution in [1.82, 2.24) is 0 Å². The number of benzene rings is 1. The molecule has 1 unspecified atom stereocenters. The Hall–Kier alpha value is -1.86. The molecule has 1 atom stereocenters. The number of thiophene rings is 1. The van der Waals surface area contributed by atoms with Crippen LogP contribution in [0.3, 0.4) is 0 Å². The zero-order valence-corrected chi connectivity index (χ0v) is 12.8. The number of nitro groups is 1. The average molecular weight is 331 g/mol. The molecule has 1 aromatic heterocycles. The smallest absolute Gasteiger partial charge is 0.313 e. The maximum absolute atomic E-state index is 14.0. The Labute approximate surface area is 129 Å². The Bertz CT molecular complexity index is 677. The van der Waals surface area contributed by atoms with Gasteiger partial charge in [0, 0.05) is 10.9 Å². The Kier molecular flexibility index (Phi) is 4.64. The van der Waals surface area contributed by atoms with Crippen LogP contribution in [0, 0.1) is 15.9 Å². The highest BCUT2D eigenvalue weighted by molar-refractivity contribution is 7.16. The summed E-state index contributed by atoms with van der Waals surface area (Å²) < 4.78 is 19.5. The fourth-order valence-electron chi connectivity index (χ4n) is 1.83. The molecule has 8 heteroatoms. The molecule has 1 aromatic carbocycles. The molecule has 21 heavy (non-hydrogen) atoms. The van der Waals surface area contributed by atoms with E-state index in [1.165, 1.54) is 24.5 Å². The van der Waals surface area contributed by atoms with Gasteiger partial charge in [-0.25, -0.2) is 4.39 Å². The van der Waals surface area contributed by atoms with Gasteiger partial charge < -0.3 is 10.1 Å². The molecule has 2 rings (SSSR count). The first-order valence-electron chi connectivity index (χ1n) is 5.96. The lowest BCUT2D eigenvalue weighted by Gasteiger charge is -2.15.